The van der Waals surface area contributed by atoms with E-state index in [-0.39, 0.29) is 5.79 Å². The summed E-state index contributed by atoms with van der Waals surface area (Å²) >= 11 is 0. The van der Waals surface area contributed by atoms with Crippen LogP contribution >= 0.6 is 0 Å². The minimum atomic E-state index is -0.384. The molecule has 0 aromatic carbocycles. The third-order valence-corrected chi connectivity index (χ3v) is 3.34. The van der Waals surface area contributed by atoms with Gasteiger partial charge >= 0.3 is 0 Å². The summed E-state index contributed by atoms with van der Waals surface area (Å²) in [5, 5.41) is 3.65. The topological polar surface area (TPSA) is 30.5 Å². The first-order valence-corrected chi connectivity index (χ1v) is 6.20. The van der Waals surface area contributed by atoms with E-state index < -0.39 is 0 Å². The number of rotatable bonds is 2. The van der Waals surface area contributed by atoms with Crippen molar-refractivity contribution in [1.82, 2.24) is 5.32 Å². The molecule has 1 N–H and O–H groups in total. The van der Waals surface area contributed by atoms with Crippen LogP contribution in [0.1, 0.15) is 46.0 Å². The van der Waals surface area contributed by atoms with Crippen molar-refractivity contribution in [2.24, 2.45) is 0 Å². The quantitative estimate of drug-likeness (QED) is 0.761. The Balaban J connectivity index is 1.71. The second kappa shape index (κ2) is 4.81. The van der Waals surface area contributed by atoms with Gasteiger partial charge in [-0.05, 0) is 26.7 Å². The van der Waals surface area contributed by atoms with Crippen LogP contribution in [0.3, 0.4) is 0 Å². The van der Waals surface area contributed by atoms with Crippen LogP contribution in [0.15, 0.2) is 0 Å². The van der Waals surface area contributed by atoms with E-state index in [2.05, 4.69) is 5.32 Å². The summed E-state index contributed by atoms with van der Waals surface area (Å²) in [6, 6.07) is 1.08. The summed E-state index contributed by atoms with van der Waals surface area (Å²) < 4.78 is 11.3. The molecule has 0 spiro atoms. The van der Waals surface area contributed by atoms with Gasteiger partial charge in [0.15, 0.2) is 5.79 Å². The largest absolute Gasteiger partial charge is 0.349 e. The average Bonchev–Trinajstić information content (AvgIpc) is 2.23. The van der Waals surface area contributed by atoms with Gasteiger partial charge in [-0.3, -0.25) is 0 Å². The van der Waals surface area contributed by atoms with Crippen molar-refractivity contribution in [1.29, 1.82) is 0 Å². The first-order chi connectivity index (χ1) is 7.16. The maximum Gasteiger partial charge on any atom is 0.162 e. The standard InChI is InChI=1S/C12H23NO2/c1-12(2)14-8-11(9-15-12)13-10-6-4-3-5-7-10/h10-11,13H,3-9H2,1-2H3. The van der Waals surface area contributed by atoms with Gasteiger partial charge in [-0.15, -0.1) is 0 Å². The molecule has 2 rings (SSSR count). The fourth-order valence-corrected chi connectivity index (χ4v) is 2.39. The molecule has 0 aromatic heterocycles. The van der Waals surface area contributed by atoms with Gasteiger partial charge in [0.05, 0.1) is 19.3 Å². The normalized spacial score (nSPS) is 29.2. The molecule has 3 nitrogen and oxygen atoms in total. The maximum absolute atomic E-state index is 5.63. The van der Waals surface area contributed by atoms with E-state index in [9.17, 15) is 0 Å². The number of hydrogen-bond donors (Lipinski definition) is 1. The molecular weight excluding hydrogens is 190 g/mol. The Morgan fingerprint density at radius 2 is 1.53 bits per heavy atom. The van der Waals surface area contributed by atoms with E-state index in [1.807, 2.05) is 13.8 Å². The molecule has 0 unspecified atom stereocenters. The van der Waals surface area contributed by atoms with E-state index in [1.165, 1.54) is 32.1 Å². The van der Waals surface area contributed by atoms with E-state index in [0.29, 0.717) is 12.1 Å². The lowest BCUT2D eigenvalue weighted by Crippen LogP contribution is -2.51. The zero-order valence-corrected chi connectivity index (χ0v) is 9.92. The van der Waals surface area contributed by atoms with Crippen molar-refractivity contribution >= 4 is 0 Å². The van der Waals surface area contributed by atoms with Crippen molar-refractivity contribution in [3.63, 3.8) is 0 Å². The Hall–Kier alpha value is -0.120. The highest BCUT2D eigenvalue weighted by Crippen LogP contribution is 2.21. The lowest BCUT2D eigenvalue weighted by Gasteiger charge is -2.37. The summed E-state index contributed by atoms with van der Waals surface area (Å²) in [6.07, 6.45) is 6.79. The molecule has 2 aliphatic rings. The lowest BCUT2D eigenvalue weighted by atomic mass is 9.95. The molecule has 88 valence electrons. The minimum absolute atomic E-state index is 0.384. The minimum Gasteiger partial charge on any atom is -0.349 e. The van der Waals surface area contributed by atoms with Crippen molar-refractivity contribution in [2.45, 2.75) is 63.8 Å². The summed E-state index contributed by atoms with van der Waals surface area (Å²) in [5.41, 5.74) is 0. The first kappa shape index (κ1) is 11.4. The molecule has 0 aromatic rings. The third kappa shape index (κ3) is 3.44. The summed E-state index contributed by atoms with van der Waals surface area (Å²) in [5.74, 6) is -0.384. The highest BCUT2D eigenvalue weighted by atomic mass is 16.7. The van der Waals surface area contributed by atoms with Gasteiger partial charge in [-0.1, -0.05) is 19.3 Å². The van der Waals surface area contributed by atoms with E-state index in [4.69, 9.17) is 9.47 Å². The predicted molar refractivity (Wildman–Crippen MR) is 59.8 cm³/mol. The smallest absolute Gasteiger partial charge is 0.162 e. The van der Waals surface area contributed by atoms with Crippen LogP contribution in [-0.2, 0) is 9.47 Å². The predicted octanol–water partition coefficient (Wildman–Crippen LogP) is 2.06. The van der Waals surface area contributed by atoms with Crippen LogP contribution in [0.5, 0.6) is 0 Å². The van der Waals surface area contributed by atoms with Crippen LogP contribution < -0.4 is 5.32 Å². The second-order valence-corrected chi connectivity index (χ2v) is 5.22. The summed E-state index contributed by atoms with van der Waals surface area (Å²) in [7, 11) is 0. The molecule has 0 bridgehead atoms. The summed E-state index contributed by atoms with van der Waals surface area (Å²) in [4.78, 5) is 0. The van der Waals surface area contributed by atoms with Gasteiger partial charge in [-0.25, -0.2) is 0 Å². The van der Waals surface area contributed by atoms with E-state index in [1.54, 1.807) is 0 Å². The van der Waals surface area contributed by atoms with Gasteiger partial charge in [0, 0.05) is 6.04 Å². The molecule has 2 fully saturated rings. The van der Waals surface area contributed by atoms with Crippen molar-refractivity contribution < 1.29 is 9.47 Å². The van der Waals surface area contributed by atoms with Gasteiger partial charge in [-0.2, -0.15) is 0 Å². The lowest BCUT2D eigenvalue weighted by molar-refractivity contribution is -0.253. The van der Waals surface area contributed by atoms with Crippen LogP contribution in [0.4, 0.5) is 0 Å². The van der Waals surface area contributed by atoms with Gasteiger partial charge < -0.3 is 14.8 Å². The Bertz CT molecular complexity index is 190. The Morgan fingerprint density at radius 1 is 0.933 bits per heavy atom. The van der Waals surface area contributed by atoms with Crippen LogP contribution in [0.25, 0.3) is 0 Å². The van der Waals surface area contributed by atoms with Gasteiger partial charge in [0.1, 0.15) is 0 Å². The fourth-order valence-electron chi connectivity index (χ4n) is 2.39. The van der Waals surface area contributed by atoms with Gasteiger partial charge in [0.2, 0.25) is 0 Å². The van der Waals surface area contributed by atoms with Crippen LogP contribution in [0, 0.1) is 0 Å². The highest BCUT2D eigenvalue weighted by Gasteiger charge is 2.29. The third-order valence-electron chi connectivity index (χ3n) is 3.34. The molecule has 3 heteroatoms. The molecule has 0 atom stereocenters. The van der Waals surface area contributed by atoms with Crippen molar-refractivity contribution in [3.05, 3.63) is 0 Å². The Morgan fingerprint density at radius 3 is 2.13 bits per heavy atom. The molecule has 15 heavy (non-hydrogen) atoms. The van der Waals surface area contributed by atoms with Crippen molar-refractivity contribution in [3.8, 4) is 0 Å². The first-order valence-electron chi connectivity index (χ1n) is 6.20. The molecule has 1 aliphatic carbocycles. The zero-order chi connectivity index (χ0) is 10.7. The number of hydrogen-bond acceptors (Lipinski definition) is 3. The van der Waals surface area contributed by atoms with Crippen LogP contribution in [0.2, 0.25) is 0 Å². The van der Waals surface area contributed by atoms with E-state index in [0.717, 1.165) is 13.2 Å². The molecular formula is C12H23NO2. The van der Waals surface area contributed by atoms with Gasteiger partial charge in [0.25, 0.3) is 0 Å². The Labute approximate surface area is 92.5 Å². The SMILES string of the molecule is CC1(C)OCC(NC2CCCCC2)CO1. The summed E-state index contributed by atoms with van der Waals surface area (Å²) in [6.45, 7) is 5.51. The Kier molecular flexibility index (Phi) is 3.65. The maximum atomic E-state index is 5.63. The molecule has 0 radical (unpaired) electrons. The molecule has 1 saturated heterocycles. The van der Waals surface area contributed by atoms with E-state index >= 15 is 0 Å². The highest BCUT2D eigenvalue weighted by molar-refractivity contribution is 4.80. The monoisotopic (exact) mass is 213 g/mol. The molecule has 1 saturated carbocycles. The molecule has 1 heterocycles. The van der Waals surface area contributed by atoms with Crippen molar-refractivity contribution in [2.75, 3.05) is 13.2 Å². The molecule has 1 aliphatic heterocycles. The number of ether oxygens (including phenoxy) is 2. The zero-order valence-electron chi connectivity index (χ0n) is 9.92. The van der Waals surface area contributed by atoms with Crippen LogP contribution in [-0.4, -0.2) is 31.1 Å². The average molecular weight is 213 g/mol. The molecule has 0 amide bonds. The second-order valence-electron chi connectivity index (χ2n) is 5.22. The number of nitrogens with one attached hydrogen (secondary N) is 1. The fraction of sp³-hybridized carbons (Fsp3) is 1.00.